The first-order chi connectivity index (χ1) is 22.9. The van der Waals surface area contributed by atoms with E-state index in [0.29, 0.717) is 48.1 Å². The van der Waals surface area contributed by atoms with Crippen LogP contribution in [0.2, 0.25) is 0 Å². The van der Waals surface area contributed by atoms with Crippen molar-refractivity contribution in [3.05, 3.63) is 47.5 Å². The largest absolute Gasteiger partial charge is 0.494 e. The van der Waals surface area contributed by atoms with Crippen LogP contribution >= 0.6 is 0 Å². The number of anilines is 4. The number of hydrogen-bond donors (Lipinski definition) is 7. The van der Waals surface area contributed by atoms with Gasteiger partial charge in [-0.15, -0.1) is 5.11 Å². The highest BCUT2D eigenvalue weighted by molar-refractivity contribution is 5.95. The molecule has 0 unspecified atom stereocenters. The molecule has 2 aliphatic rings. The molecule has 0 amide bonds. The molecule has 2 saturated heterocycles. The van der Waals surface area contributed by atoms with Crippen LogP contribution in [0.3, 0.4) is 0 Å². The number of rotatable bonds is 15. The molecule has 0 radical (unpaired) electrons. The Morgan fingerprint density at radius 2 is 1.32 bits per heavy atom. The zero-order valence-electron chi connectivity index (χ0n) is 26.2. The van der Waals surface area contributed by atoms with Gasteiger partial charge in [0, 0.05) is 90.3 Å². The molecular weight excluding hydrogens is 608 g/mol. The number of azo groups is 1. The number of ether oxygens (including phenoxy) is 1. The zero-order valence-corrected chi connectivity index (χ0v) is 26.2. The molecule has 2 fully saturated rings. The summed E-state index contributed by atoms with van der Waals surface area (Å²) in [7, 11) is 1.48. The number of nitrogens with one attached hydrogen (secondary N) is 5. The van der Waals surface area contributed by atoms with E-state index in [1.165, 1.54) is 19.2 Å². The first-order valence-corrected chi connectivity index (χ1v) is 15.4. The van der Waals surface area contributed by atoms with Crippen molar-refractivity contribution in [2.75, 3.05) is 102 Å². The van der Waals surface area contributed by atoms with Gasteiger partial charge in [-0.3, -0.25) is 9.80 Å². The van der Waals surface area contributed by atoms with Crippen LogP contribution in [0, 0.1) is 0 Å². The number of aromatic carboxylic acids is 2. The number of carboxylic acid groups (broad SMARTS) is 2. The summed E-state index contributed by atoms with van der Waals surface area (Å²) in [5.41, 5.74) is 0.616. The van der Waals surface area contributed by atoms with Crippen LogP contribution in [0.4, 0.5) is 34.9 Å². The molecule has 0 atom stereocenters. The lowest BCUT2D eigenvalue weighted by Crippen LogP contribution is -2.45. The van der Waals surface area contributed by atoms with Gasteiger partial charge in [0.15, 0.2) is 0 Å². The first-order valence-electron chi connectivity index (χ1n) is 15.4. The summed E-state index contributed by atoms with van der Waals surface area (Å²) in [5.74, 6) is -0.951. The molecule has 1 aromatic heterocycles. The molecule has 17 heteroatoms. The summed E-state index contributed by atoms with van der Waals surface area (Å²) < 4.78 is 5.53. The minimum absolute atomic E-state index is 0.0747. The van der Waals surface area contributed by atoms with Crippen molar-refractivity contribution < 1.29 is 24.5 Å². The fourth-order valence-corrected chi connectivity index (χ4v) is 5.11. The highest BCUT2D eigenvalue weighted by Gasteiger charge is 2.14. The lowest BCUT2D eigenvalue weighted by atomic mass is 10.1. The maximum atomic E-state index is 11.4. The molecule has 2 aliphatic heterocycles. The Morgan fingerprint density at radius 1 is 0.787 bits per heavy atom. The highest BCUT2D eigenvalue weighted by Crippen LogP contribution is 2.33. The van der Waals surface area contributed by atoms with E-state index in [1.807, 2.05) is 0 Å². The average Bonchev–Trinajstić information content (AvgIpc) is 3.08. The second kappa shape index (κ2) is 16.5. The Balaban J connectivity index is 1.30. The van der Waals surface area contributed by atoms with Gasteiger partial charge in [-0.25, -0.2) is 9.59 Å². The van der Waals surface area contributed by atoms with Gasteiger partial charge in [0.1, 0.15) is 11.4 Å². The quantitative estimate of drug-likeness (QED) is 0.118. The Labute approximate surface area is 271 Å². The molecule has 2 aromatic carbocycles. The van der Waals surface area contributed by atoms with E-state index in [2.05, 4.69) is 61.6 Å². The topological polar surface area (TPSA) is 214 Å². The second-order valence-corrected chi connectivity index (χ2v) is 10.9. The van der Waals surface area contributed by atoms with E-state index >= 15 is 0 Å². The van der Waals surface area contributed by atoms with Crippen molar-refractivity contribution in [3.63, 3.8) is 0 Å². The van der Waals surface area contributed by atoms with E-state index < -0.39 is 11.9 Å². The fraction of sp³-hybridized carbons (Fsp3) is 0.433. The van der Waals surface area contributed by atoms with Crippen LogP contribution < -0.4 is 31.3 Å². The summed E-state index contributed by atoms with van der Waals surface area (Å²) >= 11 is 0. The van der Waals surface area contributed by atoms with E-state index in [-0.39, 0.29) is 16.8 Å². The van der Waals surface area contributed by atoms with Gasteiger partial charge in [-0.05, 0) is 30.3 Å². The van der Waals surface area contributed by atoms with Crippen LogP contribution in [0.25, 0.3) is 0 Å². The van der Waals surface area contributed by atoms with Gasteiger partial charge >= 0.3 is 11.9 Å². The van der Waals surface area contributed by atoms with Crippen LogP contribution in [-0.2, 0) is 0 Å². The maximum absolute atomic E-state index is 11.4. The lowest BCUT2D eigenvalue weighted by Gasteiger charge is -2.27. The van der Waals surface area contributed by atoms with E-state index in [1.54, 1.807) is 18.2 Å². The number of nitrogens with zero attached hydrogens (tertiary/aromatic N) is 7. The Hall–Kier alpha value is -4.97. The lowest BCUT2D eigenvalue weighted by molar-refractivity contribution is 0.0696. The second-order valence-electron chi connectivity index (χ2n) is 10.9. The maximum Gasteiger partial charge on any atom is 0.335 e. The van der Waals surface area contributed by atoms with Gasteiger partial charge in [0.2, 0.25) is 17.8 Å². The molecule has 0 bridgehead atoms. The van der Waals surface area contributed by atoms with Gasteiger partial charge in [-0.2, -0.15) is 20.1 Å². The molecule has 0 saturated carbocycles. The summed E-state index contributed by atoms with van der Waals surface area (Å²) in [4.78, 5) is 41.5. The molecule has 47 heavy (non-hydrogen) atoms. The van der Waals surface area contributed by atoms with Crippen LogP contribution in [0.5, 0.6) is 5.75 Å². The van der Waals surface area contributed by atoms with Crippen LogP contribution in [0.15, 0.2) is 46.6 Å². The fourth-order valence-electron chi connectivity index (χ4n) is 5.11. The third kappa shape index (κ3) is 10.0. The van der Waals surface area contributed by atoms with Gasteiger partial charge in [0.05, 0.1) is 23.9 Å². The summed E-state index contributed by atoms with van der Waals surface area (Å²) in [5, 5.41) is 43.5. The number of piperazine rings is 2. The number of hydrogen-bond acceptors (Lipinski definition) is 15. The van der Waals surface area contributed by atoms with Gasteiger partial charge in [-0.1, -0.05) is 0 Å². The number of carbonyl (C=O) groups is 2. The van der Waals surface area contributed by atoms with Crippen LogP contribution in [0.1, 0.15) is 20.7 Å². The van der Waals surface area contributed by atoms with Crippen molar-refractivity contribution in [1.82, 2.24) is 35.4 Å². The summed E-state index contributed by atoms with van der Waals surface area (Å²) in [6.07, 6.45) is 0. The number of aromatic nitrogens is 3. The smallest absolute Gasteiger partial charge is 0.335 e. The van der Waals surface area contributed by atoms with E-state index in [0.717, 1.165) is 71.5 Å². The minimum atomic E-state index is -1.27. The molecule has 250 valence electrons. The molecule has 17 nitrogen and oxygen atoms in total. The average molecular weight is 649 g/mol. The number of carboxylic acids is 2. The van der Waals surface area contributed by atoms with Crippen molar-refractivity contribution >= 4 is 46.8 Å². The molecule has 0 aliphatic carbocycles. The monoisotopic (exact) mass is 648 g/mol. The number of benzene rings is 2. The molecule has 3 heterocycles. The SMILES string of the molecule is COc1cc(Nc2nc(NCCN3CCNCC3)nc(NCCN3CCNCC3)n2)ccc1N=Nc1cc(C(=O)O)cc(C(=O)O)c1. The Bertz CT molecular complexity index is 1490. The normalized spacial score (nSPS) is 15.8. The van der Waals surface area contributed by atoms with Crippen molar-refractivity contribution in [3.8, 4) is 5.75 Å². The third-order valence-electron chi connectivity index (χ3n) is 7.60. The Kier molecular flexibility index (Phi) is 11.8. The summed E-state index contributed by atoms with van der Waals surface area (Å²) in [6, 6.07) is 8.64. The van der Waals surface area contributed by atoms with Crippen LogP contribution in [-0.4, -0.2) is 133 Å². The minimum Gasteiger partial charge on any atom is -0.494 e. The zero-order chi connectivity index (χ0) is 33.0. The molecule has 0 spiro atoms. The summed E-state index contributed by atoms with van der Waals surface area (Å²) in [6.45, 7) is 11.0. The molecule has 7 N–H and O–H groups in total. The van der Waals surface area contributed by atoms with Crippen molar-refractivity contribution in [1.29, 1.82) is 0 Å². The predicted molar refractivity (Wildman–Crippen MR) is 176 cm³/mol. The predicted octanol–water partition coefficient (Wildman–Crippen LogP) is 2.07. The van der Waals surface area contributed by atoms with E-state index in [9.17, 15) is 19.8 Å². The van der Waals surface area contributed by atoms with E-state index in [4.69, 9.17) is 4.74 Å². The molecular formula is C30H40N12O5. The van der Waals surface area contributed by atoms with Crippen molar-refractivity contribution in [2.24, 2.45) is 10.2 Å². The van der Waals surface area contributed by atoms with Crippen molar-refractivity contribution in [2.45, 2.75) is 0 Å². The molecule has 5 rings (SSSR count). The molecule has 3 aromatic rings. The standard InChI is InChI=1S/C30H40N12O5/c1-47-25-19-22(2-3-24(25)40-39-23-17-20(26(43)44)16-21(18-23)27(45)46)35-30-37-28(33-8-14-41-10-4-31-5-11-41)36-29(38-30)34-9-15-42-12-6-32-7-13-42/h2-3,16-19,31-32H,4-15H2,1H3,(H,43,44)(H,45,46)(H3,33,34,35,36,37,38). The highest BCUT2D eigenvalue weighted by atomic mass is 16.5. The third-order valence-corrected chi connectivity index (χ3v) is 7.60. The number of methoxy groups -OCH3 is 1. The Morgan fingerprint density at radius 3 is 1.83 bits per heavy atom. The van der Waals surface area contributed by atoms with Gasteiger partial charge < -0.3 is 41.5 Å². The first kappa shape index (κ1) is 33.4. The van der Waals surface area contributed by atoms with Gasteiger partial charge in [0.25, 0.3) is 0 Å².